The van der Waals surface area contributed by atoms with Gasteiger partial charge in [0.05, 0.1) is 5.69 Å². The van der Waals surface area contributed by atoms with Crippen molar-refractivity contribution in [3.8, 4) is 33.4 Å². The smallest absolute Gasteiger partial charge is 0.0540 e. The van der Waals surface area contributed by atoms with E-state index in [-0.39, 0.29) is 10.8 Å². The lowest BCUT2D eigenvalue weighted by atomic mass is 9.67. The van der Waals surface area contributed by atoms with Crippen LogP contribution in [0.5, 0.6) is 0 Å². The number of rotatable bonds is 5. The SMILES string of the molecule is c1ccc(N(c2ccc3c(c2)C2(CCCCC2)c2ccccc2-3)c2ccc3c(c2)C2(CCCCC2)c2ccccc2-3)c(-c2ccc(C3CCCCC3)cc2)c1. The van der Waals surface area contributed by atoms with Crippen LogP contribution in [0.1, 0.15) is 130 Å². The lowest BCUT2D eigenvalue weighted by Crippen LogP contribution is -2.28. The first-order valence-electron chi connectivity index (χ1n) is 21.7. The summed E-state index contributed by atoms with van der Waals surface area (Å²) in [4.78, 5) is 2.63. The molecule has 274 valence electrons. The molecule has 1 nitrogen and oxygen atoms in total. The zero-order valence-electron chi connectivity index (χ0n) is 32.3. The van der Waals surface area contributed by atoms with E-state index >= 15 is 0 Å². The fourth-order valence-corrected chi connectivity index (χ4v) is 12.3. The highest BCUT2D eigenvalue weighted by molar-refractivity contribution is 5.92. The molecule has 5 aliphatic carbocycles. The molecule has 6 aromatic rings. The van der Waals surface area contributed by atoms with E-state index in [4.69, 9.17) is 0 Å². The second kappa shape index (κ2) is 13.4. The van der Waals surface area contributed by atoms with E-state index in [1.54, 1.807) is 22.3 Å². The number of benzene rings is 6. The van der Waals surface area contributed by atoms with Gasteiger partial charge in [-0.3, -0.25) is 0 Å². The zero-order chi connectivity index (χ0) is 36.4. The second-order valence-electron chi connectivity index (χ2n) is 17.6. The van der Waals surface area contributed by atoms with Gasteiger partial charge in [0.25, 0.3) is 0 Å². The number of fused-ring (bicyclic) bond motifs is 10. The summed E-state index contributed by atoms with van der Waals surface area (Å²) >= 11 is 0. The van der Waals surface area contributed by atoms with Crippen molar-refractivity contribution in [2.45, 2.75) is 113 Å². The Labute approximate surface area is 328 Å². The van der Waals surface area contributed by atoms with E-state index in [9.17, 15) is 0 Å². The molecule has 0 radical (unpaired) electrons. The van der Waals surface area contributed by atoms with Crippen LogP contribution in [0.25, 0.3) is 33.4 Å². The van der Waals surface area contributed by atoms with Crippen LogP contribution in [0.3, 0.4) is 0 Å². The van der Waals surface area contributed by atoms with E-state index in [0.717, 1.165) is 0 Å². The Hall–Kier alpha value is -4.88. The second-order valence-corrected chi connectivity index (χ2v) is 17.6. The molecular weight excluding hydrogens is 663 g/mol. The quantitative estimate of drug-likeness (QED) is 0.172. The maximum atomic E-state index is 2.63. The maximum Gasteiger partial charge on any atom is 0.0540 e. The molecule has 0 amide bonds. The summed E-state index contributed by atoms with van der Waals surface area (Å²) in [5.74, 6) is 0.708. The van der Waals surface area contributed by atoms with E-state index in [0.29, 0.717) is 5.92 Å². The van der Waals surface area contributed by atoms with E-state index < -0.39 is 0 Å². The molecular formula is C54H53N. The fraction of sp³-hybridized carbons (Fsp3) is 0.333. The van der Waals surface area contributed by atoms with Crippen LogP contribution in [-0.4, -0.2) is 0 Å². The van der Waals surface area contributed by atoms with Crippen LogP contribution in [0.15, 0.2) is 133 Å². The van der Waals surface area contributed by atoms with Gasteiger partial charge in [-0.1, -0.05) is 161 Å². The minimum atomic E-state index is 0.103. The largest absolute Gasteiger partial charge is 0.310 e. The minimum Gasteiger partial charge on any atom is -0.310 e. The Bertz CT molecular complexity index is 2260. The van der Waals surface area contributed by atoms with Crippen molar-refractivity contribution >= 4 is 17.1 Å². The summed E-state index contributed by atoms with van der Waals surface area (Å²) < 4.78 is 0. The van der Waals surface area contributed by atoms with Crippen molar-refractivity contribution in [3.05, 3.63) is 161 Å². The molecule has 0 N–H and O–H groups in total. The topological polar surface area (TPSA) is 3.24 Å². The molecule has 0 unspecified atom stereocenters. The Kier molecular flexibility index (Phi) is 8.15. The standard InChI is InChI=1S/C54H53N/c1-4-16-38(17-5-1)39-24-26-40(27-25-39)43-18-8-11-23-52(43)55(41-28-30-46-44-19-6-9-21-48(44)53(50(46)36-41)32-12-2-13-33-53)42-29-31-47-45-20-7-10-22-49(45)54(51(47)37-42)34-14-3-15-35-54/h6-11,18-31,36-38H,1-5,12-17,32-35H2. The maximum absolute atomic E-state index is 2.63. The van der Waals surface area contributed by atoms with Crippen molar-refractivity contribution in [1.82, 2.24) is 0 Å². The van der Waals surface area contributed by atoms with E-state index in [2.05, 4.69) is 138 Å². The summed E-state index contributed by atoms with van der Waals surface area (Å²) in [6, 6.07) is 52.6. The molecule has 0 aliphatic heterocycles. The number of hydrogen-bond acceptors (Lipinski definition) is 1. The first kappa shape index (κ1) is 33.5. The third-order valence-electron chi connectivity index (χ3n) is 14.9. The molecule has 6 aromatic carbocycles. The van der Waals surface area contributed by atoms with Crippen molar-refractivity contribution in [1.29, 1.82) is 0 Å². The molecule has 2 spiro atoms. The third-order valence-corrected chi connectivity index (χ3v) is 14.9. The molecule has 0 aromatic heterocycles. The first-order chi connectivity index (χ1) is 27.2. The van der Waals surface area contributed by atoms with Gasteiger partial charge in [0, 0.05) is 27.8 Å². The molecule has 0 saturated heterocycles. The van der Waals surface area contributed by atoms with Crippen LogP contribution >= 0.6 is 0 Å². The predicted octanol–water partition coefficient (Wildman–Crippen LogP) is 15.3. The van der Waals surface area contributed by atoms with Gasteiger partial charge in [-0.25, -0.2) is 0 Å². The Morgan fingerprint density at radius 3 is 1.38 bits per heavy atom. The lowest BCUT2D eigenvalue weighted by Gasteiger charge is -2.37. The van der Waals surface area contributed by atoms with Crippen molar-refractivity contribution in [3.63, 3.8) is 0 Å². The summed E-state index contributed by atoms with van der Waals surface area (Å²) in [7, 11) is 0. The Morgan fingerprint density at radius 2 is 0.836 bits per heavy atom. The van der Waals surface area contributed by atoms with Gasteiger partial charge in [-0.15, -0.1) is 0 Å². The molecule has 0 heterocycles. The highest BCUT2D eigenvalue weighted by Gasteiger charge is 2.45. The molecule has 5 aliphatic rings. The van der Waals surface area contributed by atoms with E-state index in [1.807, 2.05) is 0 Å². The normalized spacial score (nSPS) is 19.1. The predicted molar refractivity (Wildman–Crippen MR) is 231 cm³/mol. The fourth-order valence-electron chi connectivity index (χ4n) is 12.3. The van der Waals surface area contributed by atoms with Crippen molar-refractivity contribution in [2.24, 2.45) is 0 Å². The van der Waals surface area contributed by atoms with Gasteiger partial charge in [0.1, 0.15) is 0 Å². The highest BCUT2D eigenvalue weighted by atomic mass is 15.1. The van der Waals surface area contributed by atoms with Crippen LogP contribution in [0, 0.1) is 0 Å². The lowest BCUT2D eigenvalue weighted by molar-refractivity contribution is 0.353. The Balaban J connectivity index is 1.10. The first-order valence-corrected chi connectivity index (χ1v) is 21.7. The highest BCUT2D eigenvalue weighted by Crippen LogP contribution is 2.59. The molecule has 0 atom stereocenters. The van der Waals surface area contributed by atoms with Crippen molar-refractivity contribution < 1.29 is 0 Å². The summed E-state index contributed by atoms with van der Waals surface area (Å²) in [5.41, 5.74) is 20.1. The van der Waals surface area contributed by atoms with Crippen LogP contribution in [0.2, 0.25) is 0 Å². The van der Waals surface area contributed by atoms with Crippen LogP contribution in [0.4, 0.5) is 17.1 Å². The molecule has 55 heavy (non-hydrogen) atoms. The van der Waals surface area contributed by atoms with Crippen LogP contribution in [-0.2, 0) is 10.8 Å². The summed E-state index contributed by atoms with van der Waals surface area (Å²) in [6.07, 6.45) is 19.6. The van der Waals surface area contributed by atoms with Gasteiger partial charge < -0.3 is 4.90 Å². The van der Waals surface area contributed by atoms with Gasteiger partial charge in [0.15, 0.2) is 0 Å². The molecule has 3 fully saturated rings. The van der Waals surface area contributed by atoms with E-state index in [1.165, 1.54) is 152 Å². The average Bonchev–Trinajstić information content (AvgIpc) is 3.67. The summed E-state index contributed by atoms with van der Waals surface area (Å²) in [6.45, 7) is 0. The Morgan fingerprint density at radius 1 is 0.382 bits per heavy atom. The van der Waals surface area contributed by atoms with Gasteiger partial charge in [-0.2, -0.15) is 0 Å². The molecule has 11 rings (SSSR count). The van der Waals surface area contributed by atoms with Crippen LogP contribution < -0.4 is 4.90 Å². The van der Waals surface area contributed by atoms with Crippen molar-refractivity contribution in [2.75, 3.05) is 4.90 Å². The van der Waals surface area contributed by atoms with Gasteiger partial charge in [-0.05, 0) is 130 Å². The third kappa shape index (κ3) is 5.25. The average molecular weight is 716 g/mol. The number of anilines is 3. The molecule has 3 saturated carbocycles. The zero-order valence-corrected chi connectivity index (χ0v) is 32.3. The molecule has 0 bridgehead atoms. The number of para-hydroxylation sites is 1. The number of nitrogens with zero attached hydrogens (tertiary/aromatic N) is 1. The van der Waals surface area contributed by atoms with Gasteiger partial charge >= 0.3 is 0 Å². The molecule has 1 heteroatoms. The monoisotopic (exact) mass is 715 g/mol. The van der Waals surface area contributed by atoms with Gasteiger partial charge in [0.2, 0.25) is 0 Å². The minimum absolute atomic E-state index is 0.103. The summed E-state index contributed by atoms with van der Waals surface area (Å²) in [5, 5.41) is 0. The number of hydrogen-bond donors (Lipinski definition) is 0.